The lowest BCUT2D eigenvalue weighted by Gasteiger charge is -2.39. The van der Waals surface area contributed by atoms with Crippen LogP contribution in [0, 0.1) is 11.8 Å². The number of aromatic amines is 1. The lowest BCUT2D eigenvalue weighted by Crippen LogP contribution is -2.45. The highest BCUT2D eigenvalue weighted by atomic mass is 16.3. The molecule has 0 saturated carbocycles. The molecule has 0 spiro atoms. The van der Waals surface area contributed by atoms with Crippen LogP contribution in [0.3, 0.4) is 0 Å². The number of hydrogen-bond acceptors (Lipinski definition) is 6. The van der Waals surface area contributed by atoms with E-state index in [9.17, 15) is 5.11 Å². The quantitative estimate of drug-likeness (QED) is 0.627. The lowest BCUT2D eigenvalue weighted by atomic mass is 9.84. The molecule has 7 nitrogen and oxygen atoms in total. The molecule has 29 heavy (non-hydrogen) atoms. The Morgan fingerprint density at radius 2 is 2.10 bits per heavy atom. The van der Waals surface area contributed by atoms with Gasteiger partial charge in [0.05, 0.1) is 17.1 Å². The largest absolute Gasteiger partial charge is 0.393 e. The Morgan fingerprint density at radius 1 is 1.28 bits per heavy atom. The Kier molecular flexibility index (Phi) is 7.49. The molecule has 2 aromatic rings. The van der Waals surface area contributed by atoms with Crippen LogP contribution >= 0.6 is 0 Å². The number of rotatable bonds is 4. The highest BCUT2D eigenvalue weighted by molar-refractivity contribution is 5.87. The Hall–Kier alpha value is -1.70. The van der Waals surface area contributed by atoms with Gasteiger partial charge in [-0.1, -0.05) is 0 Å². The molecule has 2 saturated heterocycles. The maximum Gasteiger partial charge on any atom is 0.142 e. The van der Waals surface area contributed by atoms with Crippen LogP contribution in [0.4, 0.5) is 5.82 Å². The number of aliphatic hydroxyl groups is 2. The molecule has 0 radical (unpaired) electrons. The first-order valence-electron chi connectivity index (χ1n) is 11.0. The van der Waals surface area contributed by atoms with Crippen molar-refractivity contribution in [3.63, 3.8) is 0 Å². The van der Waals surface area contributed by atoms with Gasteiger partial charge in [-0.3, -0.25) is 0 Å². The van der Waals surface area contributed by atoms with Crippen LogP contribution in [0.25, 0.3) is 11.0 Å². The van der Waals surface area contributed by atoms with Crippen molar-refractivity contribution < 1.29 is 10.2 Å². The smallest absolute Gasteiger partial charge is 0.142 e. The molecule has 7 heteroatoms. The molecule has 0 bridgehead atoms. The van der Waals surface area contributed by atoms with Crippen LogP contribution in [0.5, 0.6) is 0 Å². The first-order valence-corrected chi connectivity index (χ1v) is 11.0. The van der Waals surface area contributed by atoms with Gasteiger partial charge < -0.3 is 25.4 Å². The second kappa shape index (κ2) is 9.87. The standard InChI is InChI=1S/C14H20N4O.C8H17NO/c1-14(2,19)10-4-3-7-18(8-10)13-11-5-6-15-12(11)16-9-17-13;1-7(10)5-8-3-2-4-9-6-8/h5-6,9-10,19H,3-4,7-8H2,1-2H3,(H,15,16,17);7-10H,2-6H2,1H3. The van der Waals surface area contributed by atoms with Crippen molar-refractivity contribution in [2.45, 2.75) is 64.6 Å². The normalized spacial score (nSPS) is 24.1. The summed E-state index contributed by atoms with van der Waals surface area (Å²) in [6, 6.07) is 2.01. The monoisotopic (exact) mass is 403 g/mol. The first kappa shape index (κ1) is 22.0. The van der Waals surface area contributed by atoms with E-state index < -0.39 is 5.60 Å². The minimum atomic E-state index is -0.636. The molecule has 2 aliphatic rings. The zero-order valence-electron chi connectivity index (χ0n) is 18.1. The zero-order valence-corrected chi connectivity index (χ0v) is 18.1. The highest BCUT2D eigenvalue weighted by Crippen LogP contribution is 2.31. The first-order chi connectivity index (χ1) is 13.8. The van der Waals surface area contributed by atoms with E-state index in [2.05, 4.69) is 25.2 Å². The molecule has 0 amide bonds. The van der Waals surface area contributed by atoms with E-state index in [-0.39, 0.29) is 12.0 Å². The van der Waals surface area contributed by atoms with E-state index in [1.54, 1.807) is 6.33 Å². The van der Waals surface area contributed by atoms with Crippen LogP contribution in [0.1, 0.15) is 52.9 Å². The molecular formula is C22H37N5O2. The molecule has 2 aromatic heterocycles. The van der Waals surface area contributed by atoms with Gasteiger partial charge in [0.2, 0.25) is 0 Å². The van der Waals surface area contributed by atoms with Crippen LogP contribution < -0.4 is 10.2 Å². The third-order valence-electron chi connectivity index (χ3n) is 6.13. The molecule has 2 aliphatic heterocycles. The summed E-state index contributed by atoms with van der Waals surface area (Å²) in [4.78, 5) is 14.0. The number of anilines is 1. The fourth-order valence-corrected chi connectivity index (χ4v) is 4.46. The third kappa shape index (κ3) is 6.14. The van der Waals surface area contributed by atoms with Gasteiger partial charge in [-0.15, -0.1) is 0 Å². The van der Waals surface area contributed by atoms with E-state index in [0.29, 0.717) is 5.92 Å². The number of nitrogens with zero attached hydrogens (tertiary/aromatic N) is 3. The van der Waals surface area contributed by atoms with Crippen LogP contribution in [0.2, 0.25) is 0 Å². The van der Waals surface area contributed by atoms with Crippen LogP contribution in [-0.4, -0.2) is 63.0 Å². The van der Waals surface area contributed by atoms with Gasteiger partial charge in [0.25, 0.3) is 0 Å². The molecule has 4 heterocycles. The van der Waals surface area contributed by atoms with Gasteiger partial charge in [0, 0.05) is 25.2 Å². The summed E-state index contributed by atoms with van der Waals surface area (Å²) >= 11 is 0. The van der Waals surface area contributed by atoms with Gasteiger partial charge in [-0.05, 0) is 77.9 Å². The maximum absolute atomic E-state index is 10.2. The number of hydrogen-bond donors (Lipinski definition) is 4. The average Bonchev–Trinajstić information content (AvgIpc) is 3.17. The van der Waals surface area contributed by atoms with Crippen LogP contribution in [0.15, 0.2) is 18.6 Å². The van der Waals surface area contributed by atoms with Gasteiger partial charge in [0.15, 0.2) is 0 Å². The minimum absolute atomic E-state index is 0.120. The number of aliphatic hydroxyl groups excluding tert-OH is 1. The van der Waals surface area contributed by atoms with Crippen molar-refractivity contribution in [3.8, 4) is 0 Å². The zero-order chi connectivity index (χ0) is 20.9. The summed E-state index contributed by atoms with van der Waals surface area (Å²) in [5.74, 6) is 1.97. The van der Waals surface area contributed by atoms with Crippen molar-refractivity contribution >= 4 is 16.9 Å². The average molecular weight is 404 g/mol. The molecule has 2 fully saturated rings. The van der Waals surface area contributed by atoms with E-state index in [1.807, 2.05) is 33.0 Å². The summed E-state index contributed by atoms with van der Waals surface area (Å²) in [6.45, 7) is 9.76. The van der Waals surface area contributed by atoms with Gasteiger partial charge in [0.1, 0.15) is 17.8 Å². The maximum atomic E-state index is 10.2. The summed E-state index contributed by atoms with van der Waals surface area (Å²) in [5, 5.41) is 23.7. The van der Waals surface area contributed by atoms with Crippen molar-refractivity contribution in [1.29, 1.82) is 0 Å². The van der Waals surface area contributed by atoms with Gasteiger partial charge >= 0.3 is 0 Å². The van der Waals surface area contributed by atoms with Crippen molar-refractivity contribution in [1.82, 2.24) is 20.3 Å². The molecule has 0 aliphatic carbocycles. The number of nitrogens with one attached hydrogen (secondary N) is 2. The Labute approximate surface area is 173 Å². The summed E-state index contributed by atoms with van der Waals surface area (Å²) in [5.41, 5.74) is 0.235. The molecule has 3 atom stereocenters. The van der Waals surface area contributed by atoms with Crippen molar-refractivity contribution in [3.05, 3.63) is 18.6 Å². The summed E-state index contributed by atoms with van der Waals surface area (Å²) in [6.07, 6.45) is 9.06. The van der Waals surface area contributed by atoms with E-state index >= 15 is 0 Å². The van der Waals surface area contributed by atoms with Gasteiger partial charge in [-0.25, -0.2) is 9.97 Å². The van der Waals surface area contributed by atoms with Crippen molar-refractivity contribution in [2.24, 2.45) is 11.8 Å². The Morgan fingerprint density at radius 3 is 2.79 bits per heavy atom. The summed E-state index contributed by atoms with van der Waals surface area (Å²) < 4.78 is 0. The summed E-state index contributed by atoms with van der Waals surface area (Å²) in [7, 11) is 0. The predicted octanol–water partition coefficient (Wildman–Crippen LogP) is 2.70. The lowest BCUT2D eigenvalue weighted by molar-refractivity contribution is 0.0110. The fraction of sp³-hybridized carbons (Fsp3) is 0.727. The number of fused-ring (bicyclic) bond motifs is 1. The molecule has 162 valence electrons. The topological polar surface area (TPSA) is 97.3 Å². The van der Waals surface area contributed by atoms with Gasteiger partial charge in [-0.2, -0.15) is 0 Å². The molecular weight excluding hydrogens is 366 g/mol. The van der Waals surface area contributed by atoms with E-state index in [1.165, 1.54) is 12.8 Å². The van der Waals surface area contributed by atoms with E-state index in [0.717, 1.165) is 62.3 Å². The molecule has 0 aromatic carbocycles. The predicted molar refractivity (Wildman–Crippen MR) is 117 cm³/mol. The molecule has 3 unspecified atom stereocenters. The highest BCUT2D eigenvalue weighted by Gasteiger charge is 2.32. The number of piperidine rings is 2. The molecule has 4 rings (SSSR count). The fourth-order valence-electron chi connectivity index (χ4n) is 4.46. The van der Waals surface area contributed by atoms with Crippen molar-refractivity contribution in [2.75, 3.05) is 31.1 Å². The SMILES string of the molecule is CC(C)(O)C1CCCN(c2ncnc3[nH]ccc23)C1.CC(O)CC1CCCNC1. The second-order valence-corrected chi connectivity index (χ2v) is 9.17. The Bertz CT molecular complexity index is 749. The minimum Gasteiger partial charge on any atom is -0.393 e. The number of aromatic nitrogens is 3. The van der Waals surface area contributed by atoms with Crippen LogP contribution in [-0.2, 0) is 0 Å². The second-order valence-electron chi connectivity index (χ2n) is 9.17. The molecule has 4 N–H and O–H groups in total. The third-order valence-corrected chi connectivity index (χ3v) is 6.13. The number of H-pyrrole nitrogens is 1. The van der Waals surface area contributed by atoms with E-state index in [4.69, 9.17) is 5.11 Å². The Balaban J connectivity index is 0.000000204.